The zero-order valence-corrected chi connectivity index (χ0v) is 56.8. The number of hydrogen-bond donors (Lipinski definition) is 0. The number of benzene rings is 15. The van der Waals surface area contributed by atoms with Crippen molar-refractivity contribution < 1.29 is 0 Å². The molecule has 0 fully saturated rings. The molecule has 0 N–H and O–H groups in total. The SMILES string of the molecule is c1ccc(-c2cccc(-c3nc(-n4c5cc(-c6ccccc6)ccc5c5c6ccccc6c(-c6ccccc6)cc54)nc4ccccc34)c2)cc1.c1ccc(-c2nc(-c3cccc(-n4c5ccccc5c5cc(-c6ccc7c(c6)c6ccccc6n7-c6ccccc6)ccc54)c3)nc3c2CCC3)cc1. The van der Waals surface area contributed by atoms with E-state index in [1.165, 1.54) is 115 Å². The van der Waals surface area contributed by atoms with Crippen LogP contribution in [0.2, 0.25) is 0 Å². The number of para-hydroxylation sites is 4. The third-order valence-electron chi connectivity index (χ3n) is 21.0. The van der Waals surface area contributed by atoms with E-state index in [-0.39, 0.29) is 0 Å². The van der Waals surface area contributed by atoms with Gasteiger partial charge in [0.1, 0.15) is 0 Å². The summed E-state index contributed by atoms with van der Waals surface area (Å²) in [5.74, 6) is 1.44. The fraction of sp³-hybridized carbons (Fsp3) is 0.0309. The molecule has 0 saturated heterocycles. The number of fused-ring (bicyclic) bond motifs is 13. The van der Waals surface area contributed by atoms with Crippen molar-refractivity contribution in [1.29, 1.82) is 0 Å². The summed E-state index contributed by atoms with van der Waals surface area (Å²) in [6.07, 6.45) is 3.16. The third kappa shape index (κ3) is 10.3. The van der Waals surface area contributed by atoms with Gasteiger partial charge in [-0.1, -0.05) is 273 Å². The molecule has 5 aromatic heterocycles. The number of aryl methyl sites for hydroxylation is 1. The molecule has 0 radical (unpaired) electrons. The fourth-order valence-electron chi connectivity index (χ4n) is 16.2. The molecule has 0 bridgehead atoms. The Hall–Kier alpha value is -13.6. The zero-order valence-electron chi connectivity index (χ0n) is 56.8. The Morgan fingerprint density at radius 3 is 1.39 bits per heavy atom. The summed E-state index contributed by atoms with van der Waals surface area (Å²) in [6, 6.07) is 128. The number of nitrogens with zero attached hydrogens (tertiary/aromatic N) is 7. The minimum Gasteiger partial charge on any atom is -0.309 e. The minimum atomic E-state index is 0.647. The smallest absolute Gasteiger partial charge is 0.235 e. The summed E-state index contributed by atoms with van der Waals surface area (Å²) in [7, 11) is 0. The Morgan fingerprint density at radius 1 is 0.231 bits per heavy atom. The lowest BCUT2D eigenvalue weighted by Gasteiger charge is -2.14. The molecule has 0 amide bonds. The van der Waals surface area contributed by atoms with Crippen molar-refractivity contribution in [3.05, 3.63) is 369 Å². The van der Waals surface area contributed by atoms with Gasteiger partial charge in [-0.2, -0.15) is 0 Å². The Balaban J connectivity index is 0.000000139. The van der Waals surface area contributed by atoms with E-state index in [1.54, 1.807) is 0 Å². The highest BCUT2D eigenvalue weighted by Crippen LogP contribution is 2.45. The molecule has 7 heteroatoms. The highest BCUT2D eigenvalue weighted by atomic mass is 15.2. The largest absolute Gasteiger partial charge is 0.309 e. The molecule has 0 atom stereocenters. The van der Waals surface area contributed by atoms with Crippen LogP contribution in [0.15, 0.2) is 358 Å². The second-order valence-corrected chi connectivity index (χ2v) is 27.1. The van der Waals surface area contributed by atoms with Crippen LogP contribution >= 0.6 is 0 Å². The molecule has 20 aromatic rings. The molecule has 5 heterocycles. The molecule has 488 valence electrons. The lowest BCUT2D eigenvalue weighted by Crippen LogP contribution is -2.04. The van der Waals surface area contributed by atoms with Gasteiger partial charge in [0, 0.05) is 77.0 Å². The molecule has 7 nitrogen and oxygen atoms in total. The van der Waals surface area contributed by atoms with Crippen molar-refractivity contribution in [2.75, 3.05) is 0 Å². The Kier molecular flexibility index (Phi) is 14.6. The van der Waals surface area contributed by atoms with Crippen LogP contribution in [0, 0.1) is 0 Å². The average molecular weight is 1330 g/mol. The topological polar surface area (TPSA) is 66.3 Å². The highest BCUT2D eigenvalue weighted by molar-refractivity contribution is 6.25. The summed E-state index contributed by atoms with van der Waals surface area (Å²) < 4.78 is 7.04. The molecule has 21 rings (SSSR count). The number of rotatable bonds is 10. The van der Waals surface area contributed by atoms with E-state index < -0.39 is 0 Å². The molecule has 104 heavy (non-hydrogen) atoms. The predicted octanol–water partition coefficient (Wildman–Crippen LogP) is 24.7. The zero-order chi connectivity index (χ0) is 68.6. The fourth-order valence-corrected chi connectivity index (χ4v) is 16.2. The van der Waals surface area contributed by atoms with Gasteiger partial charge in [0.25, 0.3) is 0 Å². The maximum atomic E-state index is 5.49. The Labute approximate surface area is 601 Å². The summed E-state index contributed by atoms with van der Waals surface area (Å²) in [6.45, 7) is 0. The monoisotopic (exact) mass is 1330 g/mol. The van der Waals surface area contributed by atoms with E-state index in [9.17, 15) is 0 Å². The first-order chi connectivity index (χ1) is 51.6. The summed E-state index contributed by atoms with van der Waals surface area (Å²) in [5, 5.41) is 10.8. The molecule has 1 aliphatic rings. The van der Waals surface area contributed by atoms with Crippen molar-refractivity contribution in [2.45, 2.75) is 19.3 Å². The molecule has 1 aliphatic carbocycles. The van der Waals surface area contributed by atoms with Crippen LogP contribution in [0.5, 0.6) is 0 Å². The van der Waals surface area contributed by atoms with E-state index in [0.717, 1.165) is 91.9 Å². The van der Waals surface area contributed by atoms with Gasteiger partial charge >= 0.3 is 0 Å². The molecule has 0 saturated carbocycles. The van der Waals surface area contributed by atoms with Crippen LogP contribution in [0.4, 0.5) is 0 Å². The Morgan fingerprint density at radius 2 is 0.721 bits per heavy atom. The second-order valence-electron chi connectivity index (χ2n) is 27.1. The van der Waals surface area contributed by atoms with Gasteiger partial charge in [0.2, 0.25) is 5.95 Å². The molecule has 15 aromatic carbocycles. The summed E-state index contributed by atoms with van der Waals surface area (Å²) in [4.78, 5) is 21.2. The van der Waals surface area contributed by atoms with Crippen LogP contribution in [0.3, 0.4) is 0 Å². The van der Waals surface area contributed by atoms with Crippen LogP contribution in [0.1, 0.15) is 17.7 Å². The van der Waals surface area contributed by atoms with Gasteiger partial charge in [-0.15, -0.1) is 0 Å². The first-order valence-electron chi connectivity index (χ1n) is 35.8. The van der Waals surface area contributed by atoms with E-state index in [2.05, 4.69) is 372 Å². The first-order valence-corrected chi connectivity index (χ1v) is 35.8. The van der Waals surface area contributed by atoms with Crippen molar-refractivity contribution in [3.8, 4) is 95.7 Å². The van der Waals surface area contributed by atoms with Gasteiger partial charge in [-0.05, 0) is 159 Å². The van der Waals surface area contributed by atoms with Crippen molar-refractivity contribution in [2.24, 2.45) is 0 Å². The van der Waals surface area contributed by atoms with E-state index in [0.29, 0.717) is 5.95 Å². The molecule has 0 aliphatic heterocycles. The molecular formula is C97H65N7. The quantitative estimate of drug-likeness (QED) is 0.137. The standard InChI is InChI=1S/C49H34N4.C48H31N3/c1-3-13-32(14-4-1)48-40-21-12-22-43(40)50-49(51-48)35-15-11-18-37(29-35)53-45-24-10-8-20-39(45)42-31-34(26-28-47(42)53)33-25-27-46-41(30-33)38-19-7-9-23-44(38)52(46)36-16-5-2-6-17-36;1-4-15-32(16-5-1)35-21-14-22-37(29-35)47-40-25-12-13-26-43(40)49-48(50-47)51-44-30-36(33-17-6-2-7-18-33)27-28-41(44)46-39-24-11-10-23-38(39)42(31-45(46)51)34-19-8-3-9-20-34/h1-11,13-20,23-31H,12,21-22H2;1-31H. The van der Waals surface area contributed by atoms with Crippen molar-refractivity contribution in [1.82, 2.24) is 33.6 Å². The Bertz CT molecular complexity index is 6730. The van der Waals surface area contributed by atoms with Gasteiger partial charge < -0.3 is 9.13 Å². The maximum absolute atomic E-state index is 5.49. The van der Waals surface area contributed by atoms with Crippen molar-refractivity contribution in [3.63, 3.8) is 0 Å². The lowest BCUT2D eigenvalue weighted by molar-refractivity contribution is 0.900. The predicted molar refractivity (Wildman–Crippen MR) is 432 cm³/mol. The van der Waals surface area contributed by atoms with Crippen LogP contribution in [-0.2, 0) is 12.8 Å². The average Bonchev–Trinajstić information content (AvgIpc) is 1.52. The molecular weight excluding hydrogens is 1260 g/mol. The maximum Gasteiger partial charge on any atom is 0.235 e. The minimum absolute atomic E-state index is 0.647. The summed E-state index contributed by atoms with van der Waals surface area (Å²) >= 11 is 0. The van der Waals surface area contributed by atoms with Crippen LogP contribution in [0.25, 0.3) is 183 Å². The lowest BCUT2D eigenvalue weighted by atomic mass is 9.94. The van der Waals surface area contributed by atoms with Gasteiger partial charge in [0.05, 0.1) is 50.0 Å². The van der Waals surface area contributed by atoms with Gasteiger partial charge in [-0.3, -0.25) is 4.57 Å². The second kappa shape index (κ2) is 25.2. The summed E-state index contributed by atoms with van der Waals surface area (Å²) in [5.41, 5.74) is 27.2. The van der Waals surface area contributed by atoms with Crippen LogP contribution < -0.4 is 0 Å². The van der Waals surface area contributed by atoms with Gasteiger partial charge in [-0.25, -0.2) is 19.9 Å². The third-order valence-corrected chi connectivity index (χ3v) is 21.0. The number of hydrogen-bond acceptors (Lipinski definition) is 4. The van der Waals surface area contributed by atoms with E-state index in [4.69, 9.17) is 19.9 Å². The van der Waals surface area contributed by atoms with E-state index in [1.807, 2.05) is 0 Å². The van der Waals surface area contributed by atoms with E-state index >= 15 is 0 Å². The van der Waals surface area contributed by atoms with Crippen molar-refractivity contribution >= 4 is 87.1 Å². The molecule has 0 unspecified atom stereocenters. The van der Waals surface area contributed by atoms with Crippen LogP contribution in [-0.4, -0.2) is 33.6 Å². The normalized spacial score (nSPS) is 12.1. The highest BCUT2D eigenvalue weighted by Gasteiger charge is 2.25. The number of aromatic nitrogens is 7. The molecule has 0 spiro atoms. The van der Waals surface area contributed by atoms with Gasteiger partial charge in [0.15, 0.2) is 5.82 Å². The first kappa shape index (κ1) is 60.3.